The second-order valence-electron chi connectivity index (χ2n) is 6.67. The van der Waals surface area contributed by atoms with Gasteiger partial charge in [0.15, 0.2) is 5.76 Å². The van der Waals surface area contributed by atoms with Gasteiger partial charge in [-0.2, -0.15) is 0 Å². The fourth-order valence-electron chi connectivity index (χ4n) is 3.26. The number of rotatable bonds is 8. The number of para-hydroxylation sites is 2. The molecule has 0 unspecified atom stereocenters. The summed E-state index contributed by atoms with van der Waals surface area (Å²) in [6.45, 7) is 0.509. The predicted molar refractivity (Wildman–Crippen MR) is 123 cm³/mol. The molecular formula is C21H18BrClN4O5. The van der Waals surface area contributed by atoms with Gasteiger partial charge in [-0.25, -0.2) is 0 Å². The molecule has 0 aliphatic heterocycles. The molecule has 0 aliphatic rings. The molecule has 0 saturated carbocycles. The van der Waals surface area contributed by atoms with Gasteiger partial charge in [0.2, 0.25) is 11.4 Å². The van der Waals surface area contributed by atoms with E-state index in [1.54, 1.807) is 28.8 Å². The zero-order valence-corrected chi connectivity index (χ0v) is 19.0. The molecule has 166 valence electrons. The summed E-state index contributed by atoms with van der Waals surface area (Å²) < 4.78 is 14.0. The Kier molecular flexibility index (Phi) is 7.16. The monoisotopic (exact) mass is 520 g/mol. The minimum atomic E-state index is -0.702. The van der Waals surface area contributed by atoms with Gasteiger partial charge in [-0.15, -0.1) is 17.0 Å². The van der Waals surface area contributed by atoms with Gasteiger partial charge >= 0.3 is 5.88 Å². The SMILES string of the molecule is Br.N=c1n(CCOc2ccc(Cl)cc2)c2ccccc2n1CC(=O)c1ccc([N+](=O)[O-])o1. The Morgan fingerprint density at radius 2 is 1.72 bits per heavy atom. The van der Waals surface area contributed by atoms with E-state index < -0.39 is 16.6 Å². The minimum absolute atomic E-state index is 0. The first kappa shape index (κ1) is 23.3. The molecule has 0 fully saturated rings. The quantitative estimate of drug-likeness (QED) is 0.206. The molecule has 9 nitrogen and oxygen atoms in total. The fraction of sp³-hybridized carbons (Fsp3) is 0.143. The normalized spacial score (nSPS) is 10.7. The molecule has 0 radical (unpaired) electrons. The molecule has 2 aromatic heterocycles. The maximum atomic E-state index is 12.6. The van der Waals surface area contributed by atoms with Gasteiger partial charge in [-0.05, 0) is 42.5 Å². The number of aromatic nitrogens is 2. The molecule has 32 heavy (non-hydrogen) atoms. The van der Waals surface area contributed by atoms with Crippen molar-refractivity contribution in [2.45, 2.75) is 13.1 Å². The highest BCUT2D eigenvalue weighted by Gasteiger charge is 2.20. The van der Waals surface area contributed by atoms with E-state index in [1.165, 1.54) is 10.6 Å². The number of Topliss-reactive ketones (excluding diaryl/α,β-unsaturated/α-hetero) is 1. The van der Waals surface area contributed by atoms with Crippen LogP contribution in [0.5, 0.6) is 5.75 Å². The van der Waals surface area contributed by atoms with Crippen molar-refractivity contribution in [3.63, 3.8) is 0 Å². The number of imidazole rings is 1. The lowest BCUT2D eigenvalue weighted by Crippen LogP contribution is -2.28. The fourth-order valence-corrected chi connectivity index (χ4v) is 3.39. The van der Waals surface area contributed by atoms with E-state index in [2.05, 4.69) is 0 Å². The van der Waals surface area contributed by atoms with E-state index in [0.717, 1.165) is 11.6 Å². The van der Waals surface area contributed by atoms with Gasteiger partial charge in [-0.3, -0.25) is 20.3 Å². The standard InChI is InChI=1S/C21H17ClN4O5.BrH/c22-14-5-7-15(8-6-14)30-12-11-24-16-3-1-2-4-17(16)25(21(24)23)13-18(27)19-9-10-20(31-19)26(28)29;/h1-10,23H,11-13H2;1H. The van der Waals surface area contributed by atoms with Crippen LogP contribution < -0.4 is 10.4 Å². The molecule has 2 heterocycles. The van der Waals surface area contributed by atoms with Gasteiger partial charge in [-0.1, -0.05) is 23.7 Å². The van der Waals surface area contributed by atoms with Crippen LogP contribution in [0.2, 0.25) is 5.02 Å². The Morgan fingerprint density at radius 1 is 1.06 bits per heavy atom. The minimum Gasteiger partial charge on any atom is -0.492 e. The van der Waals surface area contributed by atoms with Crippen LogP contribution >= 0.6 is 28.6 Å². The first-order valence-electron chi connectivity index (χ1n) is 9.32. The predicted octanol–water partition coefficient (Wildman–Crippen LogP) is 4.62. The van der Waals surface area contributed by atoms with E-state index in [4.69, 9.17) is 26.2 Å². The van der Waals surface area contributed by atoms with Crippen molar-refractivity contribution in [1.82, 2.24) is 9.13 Å². The summed E-state index contributed by atoms with van der Waals surface area (Å²) in [6.07, 6.45) is 0. The Balaban J connectivity index is 0.00000289. The number of carbonyl (C=O) groups excluding carboxylic acids is 1. The Hall–Kier alpha value is -3.37. The highest BCUT2D eigenvalue weighted by molar-refractivity contribution is 8.93. The molecule has 0 amide bonds. The lowest BCUT2D eigenvalue weighted by molar-refractivity contribution is -0.402. The lowest BCUT2D eigenvalue weighted by atomic mass is 10.3. The molecule has 0 saturated heterocycles. The van der Waals surface area contributed by atoms with Crippen LogP contribution in [0.15, 0.2) is 65.1 Å². The van der Waals surface area contributed by atoms with Crippen molar-refractivity contribution < 1.29 is 18.9 Å². The molecule has 0 atom stereocenters. The number of benzene rings is 2. The number of hydrogen-bond acceptors (Lipinski definition) is 6. The first-order chi connectivity index (χ1) is 14.9. The average molecular weight is 522 g/mol. The van der Waals surface area contributed by atoms with Crippen molar-refractivity contribution in [3.8, 4) is 5.75 Å². The molecule has 1 N–H and O–H groups in total. The second-order valence-corrected chi connectivity index (χ2v) is 7.11. The third-order valence-electron chi connectivity index (χ3n) is 4.72. The van der Waals surface area contributed by atoms with E-state index in [-0.39, 0.29) is 34.9 Å². The van der Waals surface area contributed by atoms with Crippen LogP contribution in [-0.4, -0.2) is 26.4 Å². The van der Waals surface area contributed by atoms with Gasteiger partial charge < -0.3 is 18.3 Å². The number of nitro groups is 1. The number of hydrogen-bond donors (Lipinski definition) is 1. The number of nitrogens with one attached hydrogen (secondary N) is 1. The van der Waals surface area contributed by atoms with Crippen LogP contribution in [0, 0.1) is 15.5 Å². The number of ether oxygens (including phenoxy) is 1. The molecule has 2 aromatic carbocycles. The maximum absolute atomic E-state index is 12.6. The summed E-state index contributed by atoms with van der Waals surface area (Å²) in [4.78, 5) is 22.7. The summed E-state index contributed by atoms with van der Waals surface area (Å²) in [5, 5.41) is 20.0. The van der Waals surface area contributed by atoms with Gasteiger partial charge in [0.05, 0.1) is 30.2 Å². The molecular weight excluding hydrogens is 504 g/mol. The van der Waals surface area contributed by atoms with Gasteiger partial charge in [0, 0.05) is 5.02 Å². The number of fused-ring (bicyclic) bond motifs is 1. The van der Waals surface area contributed by atoms with Crippen molar-refractivity contribution >= 4 is 51.3 Å². The third-order valence-corrected chi connectivity index (χ3v) is 4.97. The summed E-state index contributed by atoms with van der Waals surface area (Å²) in [5.41, 5.74) is 1.56. The Morgan fingerprint density at radius 3 is 2.34 bits per heavy atom. The van der Waals surface area contributed by atoms with Crippen LogP contribution in [0.1, 0.15) is 10.6 Å². The van der Waals surface area contributed by atoms with E-state index in [0.29, 0.717) is 29.4 Å². The maximum Gasteiger partial charge on any atom is 0.433 e. The van der Waals surface area contributed by atoms with Crippen molar-refractivity contribution in [1.29, 1.82) is 5.41 Å². The Bertz CT molecular complexity index is 1330. The van der Waals surface area contributed by atoms with Gasteiger partial charge in [0.1, 0.15) is 17.3 Å². The number of furan rings is 1. The summed E-state index contributed by atoms with van der Waals surface area (Å²) in [6, 6.07) is 16.7. The van der Waals surface area contributed by atoms with E-state index in [9.17, 15) is 14.9 Å². The third kappa shape index (κ3) is 4.76. The summed E-state index contributed by atoms with van der Waals surface area (Å²) in [5.74, 6) is -0.426. The topological polar surface area (TPSA) is 116 Å². The highest BCUT2D eigenvalue weighted by Crippen LogP contribution is 2.19. The lowest BCUT2D eigenvalue weighted by Gasteiger charge is -2.08. The summed E-state index contributed by atoms with van der Waals surface area (Å²) >= 11 is 5.88. The zero-order valence-electron chi connectivity index (χ0n) is 16.6. The second kappa shape index (κ2) is 9.84. The molecule has 0 spiro atoms. The molecule has 4 aromatic rings. The number of halogens is 2. The number of nitrogens with zero attached hydrogens (tertiary/aromatic N) is 3. The molecule has 4 rings (SSSR count). The van der Waals surface area contributed by atoms with Gasteiger partial charge in [0.25, 0.3) is 0 Å². The first-order valence-corrected chi connectivity index (χ1v) is 9.70. The van der Waals surface area contributed by atoms with E-state index in [1.807, 2.05) is 24.3 Å². The van der Waals surface area contributed by atoms with Crippen molar-refractivity contribution in [3.05, 3.63) is 87.2 Å². The molecule has 0 bridgehead atoms. The molecule has 11 heteroatoms. The molecule has 0 aliphatic carbocycles. The number of ketones is 1. The van der Waals surface area contributed by atoms with Crippen molar-refractivity contribution in [2.24, 2.45) is 0 Å². The van der Waals surface area contributed by atoms with Crippen molar-refractivity contribution in [2.75, 3.05) is 6.61 Å². The van der Waals surface area contributed by atoms with E-state index >= 15 is 0 Å². The van der Waals surface area contributed by atoms with Crippen LogP contribution in [0.3, 0.4) is 0 Å². The Labute approximate surface area is 197 Å². The highest BCUT2D eigenvalue weighted by atomic mass is 79.9. The summed E-state index contributed by atoms with van der Waals surface area (Å²) in [7, 11) is 0. The number of carbonyl (C=O) groups is 1. The smallest absolute Gasteiger partial charge is 0.433 e. The van der Waals surface area contributed by atoms with Crippen LogP contribution in [0.4, 0.5) is 5.88 Å². The van der Waals surface area contributed by atoms with Crippen LogP contribution in [0.25, 0.3) is 11.0 Å². The largest absolute Gasteiger partial charge is 0.492 e. The average Bonchev–Trinajstić information content (AvgIpc) is 3.35. The van der Waals surface area contributed by atoms with Crippen LogP contribution in [-0.2, 0) is 13.1 Å². The zero-order chi connectivity index (χ0) is 22.0.